The summed E-state index contributed by atoms with van der Waals surface area (Å²) >= 11 is 0. The van der Waals surface area contributed by atoms with Crippen LogP contribution in [0.4, 0.5) is 5.69 Å². The van der Waals surface area contributed by atoms with Crippen LogP contribution in [0.25, 0.3) is 0 Å². The summed E-state index contributed by atoms with van der Waals surface area (Å²) in [6.45, 7) is 6.90. The molecule has 0 spiro atoms. The van der Waals surface area contributed by atoms with E-state index in [4.69, 9.17) is 0 Å². The van der Waals surface area contributed by atoms with Crippen molar-refractivity contribution >= 4 is 26.6 Å². The molecule has 0 N–H and O–H groups in total. The molecule has 0 amide bonds. The Morgan fingerprint density at radius 3 is 2.20 bits per heavy atom. The maximum Gasteiger partial charge on any atom is 0.289 e. The molecule has 3 rings (SSSR count). The molecule has 0 saturated heterocycles. The summed E-state index contributed by atoms with van der Waals surface area (Å²) in [5.41, 5.74) is 4.68. The lowest BCUT2D eigenvalue weighted by Crippen LogP contribution is -2.34. The summed E-state index contributed by atoms with van der Waals surface area (Å²) in [5.74, 6) is 0.645. The average Bonchev–Trinajstić information content (AvgIpc) is 2.59. The molecule has 0 aliphatic carbocycles. The maximum absolute atomic E-state index is 12.7. The molecule has 1 heterocycles. The zero-order chi connectivity index (χ0) is 18.0. The first-order chi connectivity index (χ1) is 11.9. The second-order valence-corrected chi connectivity index (χ2v) is 9.71. The van der Waals surface area contributed by atoms with E-state index in [-0.39, 0.29) is 4.90 Å². The average molecular weight is 375 g/mol. The molecule has 0 fully saturated rings. The molecule has 4 nitrogen and oxygen atoms in total. The van der Waals surface area contributed by atoms with E-state index in [2.05, 4.69) is 21.9 Å². The van der Waals surface area contributed by atoms with E-state index in [1.54, 1.807) is 30.3 Å². The van der Waals surface area contributed by atoms with Crippen molar-refractivity contribution in [1.29, 1.82) is 0 Å². The number of nitrogens with zero attached hydrogens (tertiary/aromatic N) is 2. The third kappa shape index (κ3) is 4.02. The SMILES string of the molecule is CC1=C(C)CS(=NS(=O)(=O)c2ccccc2)N(c2ccc(C)cc2)C1. The minimum atomic E-state index is -3.68. The van der Waals surface area contributed by atoms with E-state index >= 15 is 0 Å². The molecule has 1 aliphatic rings. The molecule has 0 aromatic heterocycles. The molecule has 1 atom stereocenters. The lowest BCUT2D eigenvalue weighted by molar-refractivity contribution is 0.598. The third-order valence-corrected chi connectivity index (χ3v) is 8.14. The summed E-state index contributed by atoms with van der Waals surface area (Å²) in [4.78, 5) is 0.246. The van der Waals surface area contributed by atoms with Gasteiger partial charge >= 0.3 is 0 Å². The van der Waals surface area contributed by atoms with Crippen molar-refractivity contribution < 1.29 is 8.42 Å². The van der Waals surface area contributed by atoms with Crippen LogP contribution in [0.3, 0.4) is 0 Å². The van der Waals surface area contributed by atoms with E-state index in [1.807, 2.05) is 31.2 Å². The zero-order valence-corrected chi connectivity index (χ0v) is 16.3. The Hall–Kier alpha value is -1.92. The quantitative estimate of drug-likeness (QED) is 0.755. The van der Waals surface area contributed by atoms with Gasteiger partial charge in [0.15, 0.2) is 0 Å². The van der Waals surface area contributed by atoms with Gasteiger partial charge in [-0.1, -0.05) is 47.0 Å². The van der Waals surface area contributed by atoms with Gasteiger partial charge in [0.1, 0.15) is 0 Å². The van der Waals surface area contributed by atoms with Gasteiger partial charge in [-0.25, -0.2) is 0 Å². The van der Waals surface area contributed by atoms with Crippen LogP contribution in [-0.4, -0.2) is 20.7 Å². The van der Waals surface area contributed by atoms with Gasteiger partial charge in [-0.3, -0.25) is 0 Å². The van der Waals surface area contributed by atoms with Gasteiger partial charge in [-0.2, -0.15) is 8.42 Å². The third-order valence-electron chi connectivity index (χ3n) is 4.26. The molecule has 132 valence electrons. The standard InChI is InChI=1S/C19H22N2O2S2/c1-15-9-11-18(12-10-15)21-13-16(2)17(3)14-24(21)20-25(22,23)19-7-5-4-6-8-19/h4-12H,13-14H2,1-3H3. The fourth-order valence-corrected chi connectivity index (χ4v) is 6.34. The molecular weight excluding hydrogens is 352 g/mol. The number of hydrogen-bond acceptors (Lipinski definition) is 2. The van der Waals surface area contributed by atoms with Gasteiger partial charge in [-0.15, -0.1) is 3.77 Å². The van der Waals surface area contributed by atoms with Crippen molar-refractivity contribution in [3.63, 3.8) is 0 Å². The molecule has 25 heavy (non-hydrogen) atoms. The van der Waals surface area contributed by atoms with Crippen molar-refractivity contribution in [2.24, 2.45) is 3.77 Å². The van der Waals surface area contributed by atoms with E-state index in [1.165, 1.54) is 16.7 Å². The monoisotopic (exact) mass is 374 g/mol. The Morgan fingerprint density at radius 2 is 1.56 bits per heavy atom. The molecule has 2 aromatic rings. The van der Waals surface area contributed by atoms with E-state index in [0.717, 1.165) is 5.69 Å². The molecule has 0 saturated carbocycles. The smallest absolute Gasteiger partial charge is 0.289 e. The number of rotatable bonds is 3. The Labute approximate surface area is 152 Å². The van der Waals surface area contributed by atoms with Gasteiger partial charge in [0.25, 0.3) is 10.0 Å². The lowest BCUT2D eigenvalue weighted by atomic mass is 10.1. The molecule has 0 radical (unpaired) electrons. The van der Waals surface area contributed by atoms with Crippen LogP contribution in [-0.2, 0) is 20.9 Å². The number of hydrogen-bond donors (Lipinski definition) is 0. The molecule has 1 aliphatic heterocycles. The number of sulfonamides is 1. The van der Waals surface area contributed by atoms with E-state index < -0.39 is 20.9 Å². The minimum Gasteiger partial charge on any atom is -0.303 e. The highest BCUT2D eigenvalue weighted by Crippen LogP contribution is 2.27. The molecule has 1 unspecified atom stereocenters. The molecule has 2 aromatic carbocycles. The first-order valence-corrected chi connectivity index (χ1v) is 10.9. The number of benzene rings is 2. The van der Waals surface area contributed by atoms with Crippen LogP contribution in [0.1, 0.15) is 19.4 Å². The summed E-state index contributed by atoms with van der Waals surface area (Å²) in [6.07, 6.45) is 0. The lowest BCUT2D eigenvalue weighted by Gasteiger charge is -2.32. The zero-order valence-electron chi connectivity index (χ0n) is 14.6. The minimum absolute atomic E-state index is 0.246. The Balaban J connectivity index is 2.06. The van der Waals surface area contributed by atoms with Gasteiger partial charge in [0.2, 0.25) is 0 Å². The van der Waals surface area contributed by atoms with Crippen LogP contribution < -0.4 is 4.31 Å². The molecule has 0 bridgehead atoms. The number of aryl methyl sites for hydroxylation is 1. The summed E-state index contributed by atoms with van der Waals surface area (Å²) in [5, 5.41) is 0. The highest BCUT2D eigenvalue weighted by atomic mass is 32.3. The Bertz CT molecular complexity index is 931. The summed E-state index contributed by atoms with van der Waals surface area (Å²) in [7, 11) is -4.43. The van der Waals surface area contributed by atoms with Crippen molar-refractivity contribution in [3.05, 3.63) is 71.3 Å². The largest absolute Gasteiger partial charge is 0.303 e. The Kier molecular flexibility index (Phi) is 5.11. The summed E-state index contributed by atoms with van der Waals surface area (Å²) < 4.78 is 31.8. The molecular formula is C19H22N2O2S2. The van der Waals surface area contributed by atoms with Crippen LogP contribution in [0, 0.1) is 6.92 Å². The first kappa shape index (κ1) is 17.9. The topological polar surface area (TPSA) is 49.7 Å². The van der Waals surface area contributed by atoms with Crippen molar-refractivity contribution in [1.82, 2.24) is 0 Å². The maximum atomic E-state index is 12.7. The van der Waals surface area contributed by atoms with Crippen LogP contribution in [0.2, 0.25) is 0 Å². The van der Waals surface area contributed by atoms with E-state index in [0.29, 0.717) is 12.3 Å². The predicted octanol–water partition coefficient (Wildman–Crippen LogP) is 4.26. The predicted molar refractivity (Wildman–Crippen MR) is 105 cm³/mol. The van der Waals surface area contributed by atoms with Crippen LogP contribution >= 0.6 is 0 Å². The fraction of sp³-hybridized carbons (Fsp3) is 0.263. The van der Waals surface area contributed by atoms with Gasteiger partial charge in [0, 0.05) is 22.3 Å². The van der Waals surface area contributed by atoms with Gasteiger partial charge in [0.05, 0.1) is 11.4 Å². The fourth-order valence-electron chi connectivity index (χ4n) is 2.56. The highest BCUT2D eigenvalue weighted by molar-refractivity contribution is 8.00. The van der Waals surface area contributed by atoms with E-state index in [9.17, 15) is 8.42 Å². The van der Waals surface area contributed by atoms with Crippen molar-refractivity contribution in [3.8, 4) is 0 Å². The highest BCUT2D eigenvalue weighted by Gasteiger charge is 2.23. The second-order valence-electron chi connectivity index (χ2n) is 6.28. The van der Waals surface area contributed by atoms with Crippen LogP contribution in [0.15, 0.2) is 74.4 Å². The Morgan fingerprint density at radius 1 is 0.920 bits per heavy atom. The normalized spacial score (nSPS) is 18.7. The van der Waals surface area contributed by atoms with Crippen LogP contribution in [0.5, 0.6) is 0 Å². The van der Waals surface area contributed by atoms with Crippen molar-refractivity contribution in [2.75, 3.05) is 16.6 Å². The van der Waals surface area contributed by atoms with Gasteiger partial charge < -0.3 is 4.31 Å². The summed E-state index contributed by atoms with van der Waals surface area (Å²) in [6, 6.07) is 16.6. The van der Waals surface area contributed by atoms with Crippen molar-refractivity contribution in [2.45, 2.75) is 25.7 Å². The number of anilines is 1. The molecule has 6 heteroatoms. The second kappa shape index (κ2) is 7.14. The van der Waals surface area contributed by atoms with Gasteiger partial charge in [-0.05, 0) is 45.0 Å². The first-order valence-electron chi connectivity index (χ1n) is 8.10.